The molecule has 1 spiro atoms. The van der Waals surface area contributed by atoms with Gasteiger partial charge in [-0.25, -0.2) is 4.98 Å². The zero-order chi connectivity index (χ0) is 28.1. The number of piperidine rings is 1. The average molecular weight is 546 g/mol. The summed E-state index contributed by atoms with van der Waals surface area (Å²) in [6.45, 7) is 9.04. The van der Waals surface area contributed by atoms with E-state index in [4.69, 9.17) is 9.72 Å². The van der Waals surface area contributed by atoms with Crippen molar-refractivity contribution in [3.8, 4) is 5.75 Å². The molecule has 2 aromatic carbocycles. The van der Waals surface area contributed by atoms with Gasteiger partial charge < -0.3 is 19.9 Å². The van der Waals surface area contributed by atoms with Crippen LogP contribution in [0.4, 0.5) is 0 Å². The number of aryl methyl sites for hydroxylation is 1. The van der Waals surface area contributed by atoms with E-state index >= 15 is 0 Å². The summed E-state index contributed by atoms with van der Waals surface area (Å²) in [5.74, 6) is 1.92. The molecule has 0 bridgehead atoms. The molecule has 0 saturated carbocycles. The van der Waals surface area contributed by atoms with E-state index in [1.54, 1.807) is 0 Å². The molecule has 214 valence electrons. The van der Waals surface area contributed by atoms with Gasteiger partial charge in [0.2, 0.25) is 11.8 Å². The van der Waals surface area contributed by atoms with Crippen LogP contribution >= 0.6 is 0 Å². The van der Waals surface area contributed by atoms with Gasteiger partial charge in [-0.15, -0.1) is 0 Å². The summed E-state index contributed by atoms with van der Waals surface area (Å²) < 4.78 is 8.18. The zero-order valence-corrected chi connectivity index (χ0v) is 24.1. The number of benzene rings is 2. The Morgan fingerprint density at radius 2 is 1.80 bits per heavy atom. The number of hydrogen-bond acceptors (Lipinski definition) is 5. The van der Waals surface area contributed by atoms with E-state index < -0.39 is 0 Å². The Balaban J connectivity index is 1.17. The molecule has 2 amide bonds. The normalized spacial score (nSPS) is 19.2. The SMILES string of the molecule is CC(NC(=O)CN1CCC2(CCCCc3ccccc3OCCNC2=O)CC1)c1nc2ccccc2n1C(C)C. The molecule has 2 N–H and O–H groups in total. The van der Waals surface area contributed by atoms with Crippen molar-refractivity contribution in [1.82, 2.24) is 25.1 Å². The lowest BCUT2D eigenvalue weighted by molar-refractivity contribution is -0.135. The number of fused-ring (bicyclic) bond motifs is 2. The molecule has 40 heavy (non-hydrogen) atoms. The number of carbonyl (C=O) groups excluding carboxylic acids is 2. The second-order valence-corrected chi connectivity index (χ2v) is 11.7. The molecule has 2 aliphatic rings. The van der Waals surface area contributed by atoms with Crippen molar-refractivity contribution in [2.75, 3.05) is 32.8 Å². The zero-order valence-electron chi connectivity index (χ0n) is 24.1. The standard InChI is InChI=1S/C32H43N5O3/c1-23(2)37-27-13-6-5-12-26(27)35-30(37)24(3)34-29(38)22-36-19-16-32(17-20-36)15-9-8-11-25-10-4-7-14-28(25)40-21-18-33-31(32)39/h4-7,10,12-14,23-24H,8-9,11,15-22H2,1-3H3,(H,33,39)(H,34,38). The summed E-state index contributed by atoms with van der Waals surface area (Å²) in [6, 6.07) is 16.3. The van der Waals surface area contributed by atoms with Crippen LogP contribution in [-0.2, 0) is 16.0 Å². The minimum absolute atomic E-state index is 0.00947. The van der Waals surface area contributed by atoms with Gasteiger partial charge in [0.1, 0.15) is 18.2 Å². The first kappa shape index (κ1) is 28.1. The molecule has 1 aromatic heterocycles. The topological polar surface area (TPSA) is 88.5 Å². The third-order valence-electron chi connectivity index (χ3n) is 8.54. The summed E-state index contributed by atoms with van der Waals surface area (Å²) in [4.78, 5) is 33.5. The highest BCUT2D eigenvalue weighted by Gasteiger charge is 2.41. The van der Waals surface area contributed by atoms with Crippen LogP contribution in [0.3, 0.4) is 0 Å². The fourth-order valence-electron chi connectivity index (χ4n) is 6.34. The van der Waals surface area contributed by atoms with Gasteiger partial charge in [0.15, 0.2) is 0 Å². The Morgan fingerprint density at radius 3 is 2.60 bits per heavy atom. The van der Waals surface area contributed by atoms with Crippen molar-refractivity contribution < 1.29 is 14.3 Å². The van der Waals surface area contributed by atoms with Crippen LogP contribution in [0.2, 0.25) is 0 Å². The van der Waals surface area contributed by atoms with E-state index in [0.717, 1.165) is 74.2 Å². The number of ether oxygens (including phenoxy) is 1. The number of nitrogens with one attached hydrogen (secondary N) is 2. The van der Waals surface area contributed by atoms with Crippen molar-refractivity contribution in [1.29, 1.82) is 0 Å². The van der Waals surface area contributed by atoms with Gasteiger partial charge in [-0.2, -0.15) is 0 Å². The molecule has 3 aromatic rings. The van der Waals surface area contributed by atoms with Crippen LogP contribution in [0.25, 0.3) is 11.0 Å². The molecule has 8 nitrogen and oxygen atoms in total. The molecule has 3 heterocycles. The number of hydrogen-bond donors (Lipinski definition) is 2. The summed E-state index contributed by atoms with van der Waals surface area (Å²) in [7, 11) is 0. The number of rotatable bonds is 5. The largest absolute Gasteiger partial charge is 0.491 e. The first-order valence-electron chi connectivity index (χ1n) is 14.8. The van der Waals surface area contributed by atoms with E-state index in [1.807, 2.05) is 37.3 Å². The molecule has 2 aliphatic heterocycles. The maximum atomic E-state index is 13.4. The molecule has 8 heteroatoms. The first-order valence-corrected chi connectivity index (χ1v) is 14.8. The van der Waals surface area contributed by atoms with Gasteiger partial charge >= 0.3 is 0 Å². The number of carbonyl (C=O) groups is 2. The molecule has 0 radical (unpaired) electrons. The van der Waals surface area contributed by atoms with E-state index in [1.165, 1.54) is 5.56 Å². The Kier molecular flexibility index (Phi) is 8.74. The predicted molar refractivity (Wildman–Crippen MR) is 157 cm³/mol. The summed E-state index contributed by atoms with van der Waals surface area (Å²) in [6.07, 6.45) is 5.40. The van der Waals surface area contributed by atoms with Crippen LogP contribution in [0.5, 0.6) is 5.75 Å². The minimum atomic E-state index is -0.374. The molecule has 1 unspecified atom stereocenters. The average Bonchev–Trinajstić information content (AvgIpc) is 3.34. The molecular weight excluding hydrogens is 502 g/mol. The second-order valence-electron chi connectivity index (χ2n) is 11.7. The lowest BCUT2D eigenvalue weighted by atomic mass is 9.73. The fourth-order valence-corrected chi connectivity index (χ4v) is 6.34. The predicted octanol–water partition coefficient (Wildman–Crippen LogP) is 4.80. The summed E-state index contributed by atoms with van der Waals surface area (Å²) in [5, 5.41) is 6.32. The first-order chi connectivity index (χ1) is 19.4. The third-order valence-corrected chi connectivity index (χ3v) is 8.54. The van der Waals surface area contributed by atoms with Crippen LogP contribution in [-0.4, -0.2) is 59.1 Å². The number of aromatic nitrogens is 2. The van der Waals surface area contributed by atoms with Crippen LogP contribution < -0.4 is 15.4 Å². The maximum Gasteiger partial charge on any atom is 0.234 e. The van der Waals surface area contributed by atoms with Gasteiger partial charge in [0.25, 0.3) is 0 Å². The highest BCUT2D eigenvalue weighted by Crippen LogP contribution is 2.37. The van der Waals surface area contributed by atoms with Crippen LogP contribution in [0, 0.1) is 5.41 Å². The molecule has 0 aliphatic carbocycles. The van der Waals surface area contributed by atoms with Crippen molar-refractivity contribution in [2.45, 2.75) is 71.4 Å². The Labute approximate surface area is 237 Å². The van der Waals surface area contributed by atoms with E-state index in [0.29, 0.717) is 19.7 Å². The highest BCUT2D eigenvalue weighted by atomic mass is 16.5. The minimum Gasteiger partial charge on any atom is -0.491 e. The molecular formula is C32H43N5O3. The van der Waals surface area contributed by atoms with Crippen molar-refractivity contribution in [3.05, 3.63) is 59.9 Å². The number of amides is 2. The van der Waals surface area contributed by atoms with Crippen molar-refractivity contribution in [3.63, 3.8) is 0 Å². The molecule has 5 rings (SSSR count). The number of nitrogens with zero attached hydrogens (tertiary/aromatic N) is 3. The number of para-hydroxylation sites is 3. The van der Waals surface area contributed by atoms with Gasteiger partial charge in [0, 0.05) is 6.04 Å². The quantitative estimate of drug-likeness (QED) is 0.481. The van der Waals surface area contributed by atoms with Crippen molar-refractivity contribution >= 4 is 22.8 Å². The lowest BCUT2D eigenvalue weighted by Gasteiger charge is -2.41. The monoisotopic (exact) mass is 545 g/mol. The van der Waals surface area contributed by atoms with Crippen LogP contribution in [0.15, 0.2) is 48.5 Å². The third kappa shape index (κ3) is 6.17. The Morgan fingerprint density at radius 1 is 1.05 bits per heavy atom. The highest BCUT2D eigenvalue weighted by molar-refractivity contribution is 5.83. The Hall–Kier alpha value is -3.39. The van der Waals surface area contributed by atoms with Gasteiger partial charge in [-0.3, -0.25) is 14.5 Å². The van der Waals surface area contributed by atoms with Crippen LogP contribution in [0.1, 0.15) is 76.3 Å². The lowest BCUT2D eigenvalue weighted by Crippen LogP contribution is -2.51. The summed E-state index contributed by atoms with van der Waals surface area (Å²) in [5.41, 5.74) is 2.89. The smallest absolute Gasteiger partial charge is 0.234 e. The number of imidazole rings is 1. The Bertz CT molecular complexity index is 1330. The fraction of sp³-hybridized carbons (Fsp3) is 0.531. The van der Waals surface area contributed by atoms with Gasteiger partial charge in [0.05, 0.1) is 35.6 Å². The van der Waals surface area contributed by atoms with Gasteiger partial charge in [-0.1, -0.05) is 36.8 Å². The second kappa shape index (κ2) is 12.4. The molecule has 1 saturated heterocycles. The van der Waals surface area contributed by atoms with Crippen molar-refractivity contribution in [2.24, 2.45) is 5.41 Å². The van der Waals surface area contributed by atoms with E-state index in [-0.39, 0.29) is 29.3 Å². The maximum absolute atomic E-state index is 13.4. The van der Waals surface area contributed by atoms with Gasteiger partial charge in [-0.05, 0) is 89.7 Å². The molecule has 1 atom stereocenters. The molecule has 1 fully saturated rings. The van der Waals surface area contributed by atoms with E-state index in [2.05, 4.69) is 52.1 Å². The summed E-state index contributed by atoms with van der Waals surface area (Å²) >= 11 is 0. The number of likely N-dealkylation sites (tertiary alicyclic amines) is 1. The van der Waals surface area contributed by atoms with E-state index in [9.17, 15) is 9.59 Å².